The fraction of sp³-hybridized carbons (Fsp3) is 0. The van der Waals surface area contributed by atoms with Gasteiger partial charge in [-0.15, -0.1) is 0 Å². The summed E-state index contributed by atoms with van der Waals surface area (Å²) < 4.78 is 6.91. The van der Waals surface area contributed by atoms with Gasteiger partial charge in [0.2, 0.25) is 0 Å². The maximum absolute atomic E-state index is 6.91. The summed E-state index contributed by atoms with van der Waals surface area (Å²) in [5.74, 6) is 0. The van der Waals surface area contributed by atoms with Gasteiger partial charge in [0.25, 0.3) is 0 Å². The van der Waals surface area contributed by atoms with E-state index in [1.807, 2.05) is 0 Å². The van der Waals surface area contributed by atoms with Crippen molar-refractivity contribution in [2.24, 2.45) is 0 Å². The molecule has 1 heterocycles. The average molecular weight is 521 g/mol. The first-order chi connectivity index (χ1) is 20.3. The maximum Gasteiger partial charge on any atom is 0.143 e. The van der Waals surface area contributed by atoms with Crippen LogP contribution < -0.4 is 0 Å². The van der Waals surface area contributed by atoms with Crippen LogP contribution >= 0.6 is 0 Å². The van der Waals surface area contributed by atoms with Gasteiger partial charge >= 0.3 is 0 Å². The van der Waals surface area contributed by atoms with Crippen LogP contribution in [0.2, 0.25) is 0 Å². The molecule has 9 rings (SSSR count). The van der Waals surface area contributed by atoms with Crippen molar-refractivity contribution < 1.29 is 4.42 Å². The topological polar surface area (TPSA) is 13.1 Å². The molecule has 8 aromatic carbocycles. The minimum absolute atomic E-state index is 0.932. The lowest BCUT2D eigenvalue weighted by molar-refractivity contribution is 0.674. The SMILES string of the molecule is c1ccc(-c2ccc(-c3c4ccccc4cc4c3ccc3ccccc34)c3c2oc2c4ccccc4ccc23)cc1. The Labute approximate surface area is 236 Å². The summed E-state index contributed by atoms with van der Waals surface area (Å²) in [7, 11) is 0. The second kappa shape index (κ2) is 8.55. The zero-order chi connectivity index (χ0) is 26.9. The third-order valence-electron chi connectivity index (χ3n) is 8.63. The second-order valence-corrected chi connectivity index (χ2v) is 10.9. The molecule has 0 aliphatic rings. The second-order valence-electron chi connectivity index (χ2n) is 10.9. The molecule has 0 aliphatic carbocycles. The fourth-order valence-electron chi connectivity index (χ4n) is 6.77. The summed E-state index contributed by atoms with van der Waals surface area (Å²) in [6.45, 7) is 0. The van der Waals surface area contributed by atoms with E-state index >= 15 is 0 Å². The number of benzene rings is 8. The largest absolute Gasteiger partial charge is 0.455 e. The van der Waals surface area contributed by atoms with Gasteiger partial charge in [-0.2, -0.15) is 0 Å². The fourth-order valence-corrected chi connectivity index (χ4v) is 6.77. The van der Waals surface area contributed by atoms with E-state index in [2.05, 4.69) is 146 Å². The molecule has 0 fully saturated rings. The van der Waals surface area contributed by atoms with Gasteiger partial charge in [-0.05, 0) is 72.6 Å². The van der Waals surface area contributed by atoms with Crippen molar-refractivity contribution in [2.75, 3.05) is 0 Å². The third kappa shape index (κ3) is 3.24. The van der Waals surface area contributed by atoms with Gasteiger partial charge in [0.1, 0.15) is 11.2 Å². The standard InChI is InChI=1S/C40H24O/c1-2-10-25(11-3-1)32-22-23-34(38-35-21-19-27-13-5-9-17-31(27)39(35)41-40(32)38)37-30-16-8-6-14-28(30)24-36-29-15-7-4-12-26(29)18-20-33(36)37/h1-24H. The molecule has 0 amide bonds. The molecule has 0 spiro atoms. The highest BCUT2D eigenvalue weighted by Crippen LogP contribution is 2.47. The number of rotatable bonds is 2. The van der Waals surface area contributed by atoms with Gasteiger partial charge in [0, 0.05) is 21.7 Å². The number of hydrogen-bond acceptors (Lipinski definition) is 1. The molecule has 1 heteroatoms. The summed E-state index contributed by atoms with van der Waals surface area (Å²) in [5, 5.41) is 12.2. The van der Waals surface area contributed by atoms with Gasteiger partial charge in [-0.1, -0.05) is 127 Å². The van der Waals surface area contributed by atoms with Crippen LogP contribution in [0.15, 0.2) is 150 Å². The Morgan fingerprint density at radius 2 is 0.951 bits per heavy atom. The Morgan fingerprint density at radius 3 is 1.76 bits per heavy atom. The Kier molecular flexibility index (Phi) is 4.67. The highest BCUT2D eigenvalue weighted by atomic mass is 16.3. The Hall–Kier alpha value is -5.40. The molecule has 1 aromatic heterocycles. The van der Waals surface area contributed by atoms with Gasteiger partial charge in [-0.25, -0.2) is 0 Å². The summed E-state index contributed by atoms with van der Waals surface area (Å²) in [4.78, 5) is 0. The lowest BCUT2D eigenvalue weighted by atomic mass is 9.87. The quantitative estimate of drug-likeness (QED) is 0.163. The van der Waals surface area contributed by atoms with Crippen LogP contribution in [0.1, 0.15) is 0 Å². The maximum atomic E-state index is 6.91. The first-order valence-electron chi connectivity index (χ1n) is 14.1. The molecule has 9 aromatic rings. The van der Waals surface area contributed by atoms with Crippen molar-refractivity contribution >= 4 is 65.0 Å². The van der Waals surface area contributed by atoms with Crippen molar-refractivity contribution in [3.8, 4) is 22.3 Å². The van der Waals surface area contributed by atoms with Crippen LogP contribution in [-0.2, 0) is 0 Å². The van der Waals surface area contributed by atoms with E-state index in [1.165, 1.54) is 48.8 Å². The van der Waals surface area contributed by atoms with Crippen LogP contribution in [0.5, 0.6) is 0 Å². The van der Waals surface area contributed by atoms with E-state index in [9.17, 15) is 0 Å². The van der Waals surface area contributed by atoms with E-state index in [0.717, 1.165) is 38.5 Å². The van der Waals surface area contributed by atoms with Gasteiger partial charge in [0.15, 0.2) is 0 Å². The Balaban J connectivity index is 1.51. The van der Waals surface area contributed by atoms with Crippen LogP contribution in [0.3, 0.4) is 0 Å². The van der Waals surface area contributed by atoms with Crippen LogP contribution in [0, 0.1) is 0 Å². The molecule has 0 saturated heterocycles. The molecular formula is C40H24O. The van der Waals surface area contributed by atoms with Crippen molar-refractivity contribution in [3.63, 3.8) is 0 Å². The molecule has 0 radical (unpaired) electrons. The van der Waals surface area contributed by atoms with E-state index in [1.54, 1.807) is 0 Å². The lowest BCUT2D eigenvalue weighted by Gasteiger charge is -2.16. The van der Waals surface area contributed by atoms with Gasteiger partial charge < -0.3 is 4.42 Å². The van der Waals surface area contributed by atoms with E-state index in [4.69, 9.17) is 4.42 Å². The zero-order valence-corrected chi connectivity index (χ0v) is 22.3. The van der Waals surface area contributed by atoms with Crippen LogP contribution in [0.4, 0.5) is 0 Å². The highest BCUT2D eigenvalue weighted by molar-refractivity contribution is 6.27. The Bertz CT molecular complexity index is 2460. The van der Waals surface area contributed by atoms with Crippen molar-refractivity contribution in [1.82, 2.24) is 0 Å². The predicted molar refractivity (Wildman–Crippen MR) is 175 cm³/mol. The number of furan rings is 1. The molecule has 0 unspecified atom stereocenters. The molecule has 190 valence electrons. The van der Waals surface area contributed by atoms with E-state index in [-0.39, 0.29) is 0 Å². The smallest absolute Gasteiger partial charge is 0.143 e. The predicted octanol–water partition coefficient (Wildman–Crippen LogP) is 11.5. The van der Waals surface area contributed by atoms with Crippen molar-refractivity contribution in [1.29, 1.82) is 0 Å². The summed E-state index contributed by atoms with van der Waals surface area (Å²) in [5.41, 5.74) is 6.59. The lowest BCUT2D eigenvalue weighted by Crippen LogP contribution is -1.89. The van der Waals surface area contributed by atoms with Crippen molar-refractivity contribution in [2.45, 2.75) is 0 Å². The minimum Gasteiger partial charge on any atom is -0.455 e. The molecule has 0 N–H and O–H groups in total. The molecular weight excluding hydrogens is 496 g/mol. The van der Waals surface area contributed by atoms with Gasteiger partial charge in [0.05, 0.1) is 0 Å². The summed E-state index contributed by atoms with van der Waals surface area (Å²) in [6.07, 6.45) is 0. The monoisotopic (exact) mass is 520 g/mol. The number of fused-ring (bicyclic) bond motifs is 9. The number of hydrogen-bond donors (Lipinski definition) is 0. The normalized spacial score (nSPS) is 11.9. The van der Waals surface area contributed by atoms with Crippen molar-refractivity contribution in [3.05, 3.63) is 146 Å². The van der Waals surface area contributed by atoms with E-state index in [0.29, 0.717) is 0 Å². The third-order valence-corrected chi connectivity index (χ3v) is 8.63. The first-order valence-corrected chi connectivity index (χ1v) is 14.1. The van der Waals surface area contributed by atoms with Crippen LogP contribution in [-0.4, -0.2) is 0 Å². The average Bonchev–Trinajstić information content (AvgIpc) is 3.44. The summed E-state index contributed by atoms with van der Waals surface area (Å²) in [6, 6.07) is 52.5. The Morgan fingerprint density at radius 1 is 0.341 bits per heavy atom. The zero-order valence-electron chi connectivity index (χ0n) is 22.3. The molecule has 0 bridgehead atoms. The van der Waals surface area contributed by atoms with Gasteiger partial charge in [-0.3, -0.25) is 0 Å². The molecule has 0 aliphatic heterocycles. The molecule has 41 heavy (non-hydrogen) atoms. The highest BCUT2D eigenvalue weighted by Gasteiger charge is 2.21. The molecule has 0 atom stereocenters. The molecule has 1 nitrogen and oxygen atoms in total. The summed E-state index contributed by atoms with van der Waals surface area (Å²) >= 11 is 0. The minimum atomic E-state index is 0.932. The first kappa shape index (κ1) is 22.4. The van der Waals surface area contributed by atoms with Crippen LogP contribution in [0.25, 0.3) is 87.3 Å². The molecule has 0 saturated carbocycles. The van der Waals surface area contributed by atoms with E-state index < -0.39 is 0 Å².